The number of benzene rings is 2. The first-order valence-corrected chi connectivity index (χ1v) is 9.83. The fourth-order valence-electron chi connectivity index (χ4n) is 2.99. The van der Waals surface area contributed by atoms with Crippen molar-refractivity contribution in [1.29, 1.82) is 0 Å². The fourth-order valence-corrected chi connectivity index (χ4v) is 3.94. The van der Waals surface area contributed by atoms with Crippen LogP contribution in [-0.2, 0) is 13.2 Å². The number of fused-ring (bicyclic) bond motifs is 1. The highest BCUT2D eigenvalue weighted by atomic mass is 35.5. The molecule has 0 aliphatic heterocycles. The fraction of sp³-hybridized carbons (Fsp3) is 0.150. The molecule has 1 N–H and O–H groups in total. The second-order valence-electron chi connectivity index (χ2n) is 6.31. The van der Waals surface area contributed by atoms with Crippen molar-refractivity contribution in [1.82, 2.24) is 14.8 Å². The van der Waals surface area contributed by atoms with Gasteiger partial charge in [0.1, 0.15) is 11.6 Å². The van der Waals surface area contributed by atoms with Crippen LogP contribution < -0.4 is 5.32 Å². The Hall–Kier alpha value is -2.77. The average molecular weight is 415 g/mol. The number of hydrogen-bond acceptors (Lipinski definition) is 4. The minimum atomic E-state index is -0.492. The summed E-state index contributed by atoms with van der Waals surface area (Å²) < 4.78 is 14.5. The van der Waals surface area contributed by atoms with E-state index in [2.05, 4.69) is 15.4 Å². The van der Waals surface area contributed by atoms with Crippen LogP contribution in [0.2, 0.25) is 5.02 Å². The van der Waals surface area contributed by atoms with Crippen molar-refractivity contribution in [2.45, 2.75) is 20.1 Å². The molecular weight excluding hydrogens is 399 g/mol. The molecule has 2 aromatic carbocycles. The molecule has 0 aliphatic rings. The number of anilines is 1. The number of nitrogens with zero attached hydrogens (tertiary/aromatic N) is 3. The van der Waals surface area contributed by atoms with Crippen LogP contribution in [0.5, 0.6) is 0 Å². The number of halogens is 2. The summed E-state index contributed by atoms with van der Waals surface area (Å²) in [7, 11) is 0. The SMILES string of the molecule is Cc1ncsc1C(=O)Nc1nn(Cc2ccc(CF)cc2)c2cccc(Cl)c12. The number of alkyl halides is 1. The summed E-state index contributed by atoms with van der Waals surface area (Å²) in [6, 6.07) is 12.7. The second-order valence-corrected chi connectivity index (χ2v) is 7.57. The molecule has 0 radical (unpaired) electrons. The number of aryl methyl sites for hydroxylation is 1. The van der Waals surface area contributed by atoms with Gasteiger partial charge in [-0.25, -0.2) is 9.37 Å². The number of thiazole rings is 1. The van der Waals surface area contributed by atoms with Crippen molar-refractivity contribution in [3.8, 4) is 0 Å². The van der Waals surface area contributed by atoms with Crippen LogP contribution in [0.4, 0.5) is 10.2 Å². The van der Waals surface area contributed by atoms with Crippen LogP contribution in [-0.4, -0.2) is 20.7 Å². The average Bonchev–Trinajstić information content (AvgIpc) is 3.27. The van der Waals surface area contributed by atoms with Gasteiger partial charge >= 0.3 is 0 Å². The van der Waals surface area contributed by atoms with Gasteiger partial charge in [-0.05, 0) is 30.2 Å². The molecule has 28 heavy (non-hydrogen) atoms. The molecule has 0 atom stereocenters. The van der Waals surface area contributed by atoms with Gasteiger partial charge in [0.2, 0.25) is 0 Å². The first kappa shape index (κ1) is 18.6. The van der Waals surface area contributed by atoms with E-state index in [1.54, 1.807) is 35.3 Å². The van der Waals surface area contributed by atoms with E-state index in [0.717, 1.165) is 11.1 Å². The molecule has 0 aliphatic carbocycles. The van der Waals surface area contributed by atoms with E-state index in [-0.39, 0.29) is 5.91 Å². The Morgan fingerprint density at radius 2 is 1.96 bits per heavy atom. The number of nitrogens with one attached hydrogen (secondary N) is 1. The summed E-state index contributed by atoms with van der Waals surface area (Å²) in [5.41, 5.74) is 4.71. The maximum absolute atomic E-state index is 12.7. The van der Waals surface area contributed by atoms with Crippen molar-refractivity contribution in [3.05, 3.63) is 74.7 Å². The Morgan fingerprint density at radius 3 is 2.64 bits per heavy atom. The van der Waals surface area contributed by atoms with Crippen LogP contribution in [0.25, 0.3) is 10.9 Å². The Morgan fingerprint density at radius 1 is 1.21 bits per heavy atom. The first-order valence-electron chi connectivity index (χ1n) is 8.57. The van der Waals surface area contributed by atoms with Gasteiger partial charge in [-0.15, -0.1) is 11.3 Å². The van der Waals surface area contributed by atoms with Crippen molar-refractivity contribution in [2.75, 3.05) is 5.32 Å². The van der Waals surface area contributed by atoms with Gasteiger partial charge in [0.05, 0.1) is 33.7 Å². The number of rotatable bonds is 5. The van der Waals surface area contributed by atoms with Crippen LogP contribution in [0.15, 0.2) is 48.0 Å². The third-order valence-corrected chi connectivity index (χ3v) is 5.66. The Labute approximate surface area is 169 Å². The van der Waals surface area contributed by atoms with Gasteiger partial charge in [-0.2, -0.15) is 5.10 Å². The second kappa shape index (κ2) is 7.69. The number of aromatic nitrogens is 3. The molecule has 0 bridgehead atoms. The quantitative estimate of drug-likeness (QED) is 0.486. The van der Waals surface area contributed by atoms with E-state index in [1.807, 2.05) is 24.3 Å². The summed E-state index contributed by atoms with van der Waals surface area (Å²) in [6.45, 7) is 1.77. The molecule has 4 rings (SSSR count). The van der Waals surface area contributed by atoms with E-state index in [1.165, 1.54) is 11.3 Å². The molecule has 0 unspecified atom stereocenters. The lowest BCUT2D eigenvalue weighted by atomic mass is 10.1. The van der Waals surface area contributed by atoms with Gasteiger partial charge in [-0.1, -0.05) is 41.9 Å². The van der Waals surface area contributed by atoms with E-state index < -0.39 is 6.67 Å². The largest absolute Gasteiger partial charge is 0.304 e. The predicted octanol–water partition coefficient (Wildman–Crippen LogP) is 5.22. The summed E-state index contributed by atoms with van der Waals surface area (Å²) in [5.74, 6) is 0.137. The van der Waals surface area contributed by atoms with E-state index in [4.69, 9.17) is 11.6 Å². The lowest BCUT2D eigenvalue weighted by Crippen LogP contribution is -2.13. The minimum Gasteiger partial charge on any atom is -0.304 e. The molecule has 4 aromatic rings. The lowest BCUT2D eigenvalue weighted by molar-refractivity contribution is 0.102. The zero-order valence-electron chi connectivity index (χ0n) is 14.9. The number of carbonyl (C=O) groups excluding carboxylic acids is 1. The molecule has 0 spiro atoms. The third-order valence-electron chi connectivity index (χ3n) is 4.42. The molecule has 2 heterocycles. The molecule has 142 valence electrons. The zero-order valence-corrected chi connectivity index (χ0v) is 16.5. The minimum absolute atomic E-state index is 0.265. The van der Waals surface area contributed by atoms with E-state index in [9.17, 15) is 9.18 Å². The molecule has 0 saturated carbocycles. The highest BCUT2D eigenvalue weighted by Crippen LogP contribution is 2.31. The summed E-state index contributed by atoms with van der Waals surface area (Å²) in [5, 5.41) is 8.62. The summed E-state index contributed by atoms with van der Waals surface area (Å²) >= 11 is 7.68. The molecule has 0 fully saturated rings. The monoisotopic (exact) mass is 414 g/mol. The van der Waals surface area contributed by atoms with Crippen LogP contribution in [0, 0.1) is 6.92 Å². The standard InChI is InChI=1S/C20H16ClFN4OS/c1-12-18(28-11-23-12)20(27)24-19-17-15(21)3-2-4-16(17)26(25-19)10-14-7-5-13(9-22)6-8-14/h2-8,11H,9-10H2,1H3,(H,24,25,27). The zero-order chi connectivity index (χ0) is 19.7. The number of amides is 1. The molecule has 2 aromatic heterocycles. The topological polar surface area (TPSA) is 59.8 Å². The van der Waals surface area contributed by atoms with Crippen molar-refractivity contribution in [3.63, 3.8) is 0 Å². The molecule has 8 heteroatoms. The Balaban J connectivity index is 1.71. The molecule has 0 saturated heterocycles. The van der Waals surface area contributed by atoms with Crippen molar-refractivity contribution < 1.29 is 9.18 Å². The van der Waals surface area contributed by atoms with Crippen LogP contribution in [0.1, 0.15) is 26.5 Å². The van der Waals surface area contributed by atoms with Crippen molar-refractivity contribution >= 4 is 45.6 Å². The van der Waals surface area contributed by atoms with Gasteiger partial charge in [-0.3, -0.25) is 9.48 Å². The smallest absolute Gasteiger partial charge is 0.268 e. The highest BCUT2D eigenvalue weighted by Gasteiger charge is 2.18. The van der Waals surface area contributed by atoms with Gasteiger partial charge in [0.15, 0.2) is 5.82 Å². The normalized spacial score (nSPS) is 11.1. The van der Waals surface area contributed by atoms with E-state index in [0.29, 0.717) is 38.9 Å². The number of carbonyl (C=O) groups is 1. The molecule has 5 nitrogen and oxygen atoms in total. The molecule has 1 amide bonds. The predicted molar refractivity (Wildman–Crippen MR) is 110 cm³/mol. The van der Waals surface area contributed by atoms with E-state index >= 15 is 0 Å². The van der Waals surface area contributed by atoms with Crippen LogP contribution in [0.3, 0.4) is 0 Å². The van der Waals surface area contributed by atoms with Gasteiger partial charge < -0.3 is 5.32 Å². The first-order chi connectivity index (χ1) is 13.6. The lowest BCUT2D eigenvalue weighted by Gasteiger charge is -2.05. The van der Waals surface area contributed by atoms with Crippen LogP contribution >= 0.6 is 22.9 Å². The highest BCUT2D eigenvalue weighted by molar-refractivity contribution is 7.12. The third kappa shape index (κ3) is 3.50. The Kier molecular flexibility index (Phi) is 5.11. The number of hydrogen-bond donors (Lipinski definition) is 1. The van der Waals surface area contributed by atoms with Gasteiger partial charge in [0, 0.05) is 0 Å². The van der Waals surface area contributed by atoms with Gasteiger partial charge in [0.25, 0.3) is 5.91 Å². The molecular formula is C20H16ClFN4OS. The summed E-state index contributed by atoms with van der Waals surface area (Å²) in [4.78, 5) is 17.3. The maximum Gasteiger partial charge on any atom is 0.268 e. The maximum atomic E-state index is 12.7. The summed E-state index contributed by atoms with van der Waals surface area (Å²) in [6.07, 6.45) is 0. The van der Waals surface area contributed by atoms with Crippen molar-refractivity contribution in [2.24, 2.45) is 0 Å². The Bertz CT molecular complexity index is 1150.